The van der Waals surface area contributed by atoms with Crippen LogP contribution in [0.2, 0.25) is 0 Å². The Hall–Kier alpha value is -3.24. The van der Waals surface area contributed by atoms with Crippen LogP contribution >= 0.6 is 0 Å². The van der Waals surface area contributed by atoms with E-state index in [1.807, 2.05) is 24.3 Å². The van der Waals surface area contributed by atoms with Gasteiger partial charge in [0.25, 0.3) is 0 Å². The van der Waals surface area contributed by atoms with Crippen molar-refractivity contribution in [2.75, 3.05) is 6.79 Å². The molecule has 4 nitrogen and oxygen atoms in total. The summed E-state index contributed by atoms with van der Waals surface area (Å²) in [6.45, 7) is 0.220. The molecule has 4 heteroatoms. The Balaban J connectivity index is 2.00. The summed E-state index contributed by atoms with van der Waals surface area (Å²) in [4.78, 5) is 0. The monoisotopic (exact) mass is 274 g/mol. The molecule has 100 valence electrons. The Labute approximate surface area is 122 Å². The molecule has 21 heavy (non-hydrogen) atoms. The molecule has 0 spiro atoms. The molecule has 1 heterocycles. The number of ether oxygens (including phenoxy) is 2. The zero-order valence-electron chi connectivity index (χ0n) is 11.0. The van der Waals surface area contributed by atoms with Crippen LogP contribution in [0.1, 0.15) is 16.7 Å². The average molecular weight is 274 g/mol. The van der Waals surface area contributed by atoms with Gasteiger partial charge in [0.15, 0.2) is 11.5 Å². The summed E-state index contributed by atoms with van der Waals surface area (Å²) >= 11 is 0. The SMILES string of the molecule is N#C/C(=C\c1ccc2c(c1)OCO2)c1cccc(C#N)c1. The summed E-state index contributed by atoms with van der Waals surface area (Å²) in [6.07, 6.45) is 1.76. The largest absolute Gasteiger partial charge is 0.454 e. The predicted molar refractivity (Wildman–Crippen MR) is 77.2 cm³/mol. The lowest BCUT2D eigenvalue weighted by Crippen LogP contribution is -1.92. The zero-order chi connectivity index (χ0) is 14.7. The molecule has 0 fully saturated rings. The van der Waals surface area contributed by atoms with E-state index in [0.717, 1.165) is 5.56 Å². The van der Waals surface area contributed by atoms with Gasteiger partial charge in [-0.2, -0.15) is 10.5 Å². The number of nitriles is 2. The summed E-state index contributed by atoms with van der Waals surface area (Å²) < 4.78 is 10.6. The number of allylic oxidation sites excluding steroid dienone is 1. The van der Waals surface area contributed by atoms with E-state index in [-0.39, 0.29) is 6.79 Å². The van der Waals surface area contributed by atoms with Gasteiger partial charge in [0, 0.05) is 0 Å². The molecular formula is C17H10N2O2. The van der Waals surface area contributed by atoms with Crippen LogP contribution < -0.4 is 9.47 Å². The predicted octanol–water partition coefficient (Wildman–Crippen LogP) is 3.35. The van der Waals surface area contributed by atoms with Crippen LogP contribution in [-0.2, 0) is 0 Å². The molecule has 1 aliphatic heterocycles. The summed E-state index contributed by atoms with van der Waals surface area (Å²) in [5, 5.41) is 18.3. The zero-order valence-corrected chi connectivity index (χ0v) is 11.0. The third kappa shape index (κ3) is 2.56. The molecule has 0 amide bonds. The number of rotatable bonds is 2. The van der Waals surface area contributed by atoms with E-state index in [0.29, 0.717) is 28.2 Å². The first-order valence-corrected chi connectivity index (χ1v) is 6.32. The molecule has 2 aromatic carbocycles. The summed E-state index contributed by atoms with van der Waals surface area (Å²) in [5.41, 5.74) is 2.58. The van der Waals surface area contributed by atoms with Gasteiger partial charge in [-0.15, -0.1) is 0 Å². The third-order valence-corrected chi connectivity index (χ3v) is 3.13. The summed E-state index contributed by atoms with van der Waals surface area (Å²) in [5.74, 6) is 1.38. The molecule has 0 radical (unpaired) electrons. The molecule has 0 bridgehead atoms. The second-order valence-corrected chi connectivity index (χ2v) is 4.48. The summed E-state index contributed by atoms with van der Waals surface area (Å²) in [7, 11) is 0. The second kappa shape index (κ2) is 5.40. The normalized spacial score (nSPS) is 12.6. The lowest BCUT2D eigenvalue weighted by molar-refractivity contribution is 0.174. The van der Waals surface area contributed by atoms with E-state index in [2.05, 4.69) is 12.1 Å². The van der Waals surface area contributed by atoms with E-state index < -0.39 is 0 Å². The van der Waals surface area contributed by atoms with Crippen LogP contribution in [0, 0.1) is 22.7 Å². The van der Waals surface area contributed by atoms with Gasteiger partial charge in [-0.1, -0.05) is 18.2 Å². The molecular weight excluding hydrogens is 264 g/mol. The van der Waals surface area contributed by atoms with Crippen LogP contribution in [0.3, 0.4) is 0 Å². The highest BCUT2D eigenvalue weighted by Crippen LogP contribution is 2.33. The highest BCUT2D eigenvalue weighted by molar-refractivity contribution is 5.90. The van der Waals surface area contributed by atoms with Crippen molar-refractivity contribution in [2.45, 2.75) is 0 Å². The van der Waals surface area contributed by atoms with Crippen molar-refractivity contribution in [1.29, 1.82) is 10.5 Å². The molecule has 3 rings (SSSR count). The molecule has 0 atom stereocenters. The highest BCUT2D eigenvalue weighted by atomic mass is 16.7. The maximum atomic E-state index is 9.34. The molecule has 0 saturated carbocycles. The van der Waals surface area contributed by atoms with E-state index in [1.165, 1.54) is 0 Å². The molecule has 0 aromatic heterocycles. The van der Waals surface area contributed by atoms with Gasteiger partial charge in [0.2, 0.25) is 6.79 Å². The van der Waals surface area contributed by atoms with E-state index in [1.54, 1.807) is 24.3 Å². The van der Waals surface area contributed by atoms with Crippen LogP contribution in [0.5, 0.6) is 11.5 Å². The Morgan fingerprint density at radius 1 is 1.05 bits per heavy atom. The Bertz CT molecular complexity index is 810. The maximum absolute atomic E-state index is 9.34. The number of fused-ring (bicyclic) bond motifs is 1. The van der Waals surface area contributed by atoms with Crippen molar-refractivity contribution in [3.63, 3.8) is 0 Å². The first kappa shape index (κ1) is 12.8. The third-order valence-electron chi connectivity index (χ3n) is 3.13. The van der Waals surface area contributed by atoms with E-state index in [9.17, 15) is 5.26 Å². The van der Waals surface area contributed by atoms with Crippen molar-refractivity contribution in [1.82, 2.24) is 0 Å². The van der Waals surface area contributed by atoms with Gasteiger partial charge in [0.05, 0.1) is 23.3 Å². The maximum Gasteiger partial charge on any atom is 0.231 e. The van der Waals surface area contributed by atoms with Gasteiger partial charge >= 0.3 is 0 Å². The van der Waals surface area contributed by atoms with E-state index in [4.69, 9.17) is 14.7 Å². The molecule has 0 unspecified atom stereocenters. The Kier molecular flexibility index (Phi) is 3.29. The van der Waals surface area contributed by atoms with Gasteiger partial charge < -0.3 is 9.47 Å². The molecule has 2 aromatic rings. The van der Waals surface area contributed by atoms with Gasteiger partial charge in [-0.3, -0.25) is 0 Å². The molecule has 0 aliphatic carbocycles. The van der Waals surface area contributed by atoms with Gasteiger partial charge in [-0.25, -0.2) is 0 Å². The van der Waals surface area contributed by atoms with Gasteiger partial charge in [-0.05, 0) is 41.5 Å². The van der Waals surface area contributed by atoms with Crippen LogP contribution in [0.25, 0.3) is 11.6 Å². The first-order chi connectivity index (χ1) is 10.3. The topological polar surface area (TPSA) is 66.0 Å². The number of benzene rings is 2. The highest BCUT2D eigenvalue weighted by Gasteiger charge is 2.13. The first-order valence-electron chi connectivity index (χ1n) is 6.32. The smallest absolute Gasteiger partial charge is 0.231 e. The minimum Gasteiger partial charge on any atom is -0.454 e. The Morgan fingerprint density at radius 2 is 1.90 bits per heavy atom. The minimum absolute atomic E-state index is 0.220. The van der Waals surface area contributed by atoms with Gasteiger partial charge in [0.1, 0.15) is 0 Å². The average Bonchev–Trinajstić information content (AvgIpc) is 3.00. The Morgan fingerprint density at radius 3 is 2.71 bits per heavy atom. The fraction of sp³-hybridized carbons (Fsp3) is 0.0588. The quantitative estimate of drug-likeness (QED) is 0.622. The fourth-order valence-electron chi connectivity index (χ4n) is 2.11. The minimum atomic E-state index is 0.220. The van der Waals surface area contributed by atoms with Crippen molar-refractivity contribution in [2.24, 2.45) is 0 Å². The standard InChI is InChI=1S/C17H10N2O2/c18-9-13-2-1-3-14(7-13)15(10-19)6-12-4-5-16-17(8-12)21-11-20-16/h1-8H,11H2/b15-6+. The van der Waals surface area contributed by atoms with Crippen LogP contribution in [-0.4, -0.2) is 6.79 Å². The van der Waals surface area contributed by atoms with E-state index >= 15 is 0 Å². The van der Waals surface area contributed by atoms with Crippen molar-refractivity contribution >= 4 is 11.6 Å². The van der Waals surface area contributed by atoms with Crippen molar-refractivity contribution in [3.05, 3.63) is 59.2 Å². The number of hydrogen-bond acceptors (Lipinski definition) is 4. The molecule has 1 aliphatic rings. The summed E-state index contributed by atoms with van der Waals surface area (Å²) in [6, 6.07) is 16.7. The second-order valence-electron chi connectivity index (χ2n) is 4.48. The van der Waals surface area contributed by atoms with Crippen molar-refractivity contribution < 1.29 is 9.47 Å². The van der Waals surface area contributed by atoms with Crippen LogP contribution in [0.15, 0.2) is 42.5 Å². The molecule has 0 N–H and O–H groups in total. The lowest BCUT2D eigenvalue weighted by atomic mass is 10.0. The lowest BCUT2D eigenvalue weighted by Gasteiger charge is -2.02. The molecule has 0 saturated heterocycles. The number of nitrogens with zero attached hydrogens (tertiary/aromatic N) is 2. The van der Waals surface area contributed by atoms with Crippen molar-refractivity contribution in [3.8, 4) is 23.6 Å². The number of hydrogen-bond donors (Lipinski definition) is 0. The van der Waals surface area contributed by atoms with Crippen LogP contribution in [0.4, 0.5) is 0 Å². The fourth-order valence-corrected chi connectivity index (χ4v) is 2.11.